The van der Waals surface area contributed by atoms with Crippen molar-refractivity contribution in [3.63, 3.8) is 0 Å². The molecule has 8 heteroatoms. The minimum atomic E-state index is -3.43. The van der Waals surface area contributed by atoms with E-state index in [1.807, 2.05) is 6.07 Å². The lowest BCUT2D eigenvalue weighted by molar-refractivity contribution is 0.459. The zero-order valence-corrected chi connectivity index (χ0v) is 14.9. The van der Waals surface area contributed by atoms with Crippen LogP contribution < -0.4 is 9.62 Å². The average molecular weight is 364 g/mol. The second kappa shape index (κ2) is 6.42. The minimum Gasteiger partial charge on any atom is -0.347 e. The van der Waals surface area contributed by atoms with Crippen LogP contribution in [0.4, 0.5) is 5.13 Å². The third-order valence-electron chi connectivity index (χ3n) is 4.51. The lowest BCUT2D eigenvalue weighted by atomic mass is 10.1. The molecule has 0 radical (unpaired) electrons. The molecule has 4 rings (SSSR count). The number of piperidine rings is 1. The summed E-state index contributed by atoms with van der Waals surface area (Å²) in [6, 6.07) is 8.52. The smallest absolute Gasteiger partial charge is 0.240 e. The molecule has 2 aliphatic rings. The second-order valence-corrected chi connectivity index (χ2v) is 8.85. The Bertz CT molecular complexity index is 794. The number of hydrogen-bond acceptors (Lipinski definition) is 6. The monoisotopic (exact) mass is 364 g/mol. The Kier molecular flexibility index (Phi) is 4.28. The summed E-state index contributed by atoms with van der Waals surface area (Å²) < 4.78 is 32.1. The van der Waals surface area contributed by atoms with Crippen molar-refractivity contribution < 1.29 is 8.42 Å². The Morgan fingerprint density at radius 3 is 2.46 bits per heavy atom. The number of rotatable bonds is 5. The number of nitrogens with zero attached hydrogens (tertiary/aromatic N) is 3. The Morgan fingerprint density at radius 2 is 1.79 bits per heavy atom. The van der Waals surface area contributed by atoms with Crippen LogP contribution >= 0.6 is 11.5 Å². The fourth-order valence-electron chi connectivity index (χ4n) is 2.94. The summed E-state index contributed by atoms with van der Waals surface area (Å²) in [6.45, 7) is 1.61. The molecule has 2 aromatic rings. The van der Waals surface area contributed by atoms with Crippen LogP contribution in [0, 0.1) is 0 Å². The van der Waals surface area contributed by atoms with Gasteiger partial charge in [0.2, 0.25) is 15.2 Å². The molecule has 6 nitrogen and oxygen atoms in total. The first kappa shape index (κ1) is 16.0. The van der Waals surface area contributed by atoms with Crippen LogP contribution in [-0.2, 0) is 10.0 Å². The molecule has 24 heavy (non-hydrogen) atoms. The minimum absolute atomic E-state index is 0.0257. The number of hydrogen-bond donors (Lipinski definition) is 1. The normalized spacial score (nSPS) is 19.6. The van der Waals surface area contributed by atoms with E-state index < -0.39 is 10.0 Å². The first-order valence-electron chi connectivity index (χ1n) is 8.28. The lowest BCUT2D eigenvalue weighted by Crippen LogP contribution is -2.44. The molecule has 2 fully saturated rings. The van der Waals surface area contributed by atoms with Crippen molar-refractivity contribution in [1.29, 1.82) is 0 Å². The molecule has 1 aromatic carbocycles. The number of anilines is 1. The van der Waals surface area contributed by atoms with Crippen LogP contribution in [0.5, 0.6) is 0 Å². The molecule has 0 unspecified atom stereocenters. The maximum absolute atomic E-state index is 12.4. The summed E-state index contributed by atoms with van der Waals surface area (Å²) in [5.74, 6) is 1.56. The molecule has 0 amide bonds. The van der Waals surface area contributed by atoms with E-state index in [9.17, 15) is 8.42 Å². The maximum Gasteiger partial charge on any atom is 0.240 e. The van der Waals surface area contributed by atoms with Crippen LogP contribution in [0.15, 0.2) is 35.2 Å². The summed E-state index contributed by atoms with van der Waals surface area (Å²) in [4.78, 5) is 7.18. The fourth-order valence-corrected chi connectivity index (χ4v) is 5.06. The molecule has 1 saturated carbocycles. The van der Waals surface area contributed by atoms with Gasteiger partial charge >= 0.3 is 0 Å². The first-order valence-corrected chi connectivity index (χ1v) is 10.5. The van der Waals surface area contributed by atoms with Gasteiger partial charge in [-0.2, -0.15) is 4.37 Å². The van der Waals surface area contributed by atoms with Gasteiger partial charge in [0.05, 0.1) is 4.90 Å². The highest BCUT2D eigenvalue weighted by atomic mass is 32.2. The zero-order valence-electron chi connectivity index (χ0n) is 13.3. The van der Waals surface area contributed by atoms with Crippen LogP contribution in [0.2, 0.25) is 0 Å². The molecule has 1 aliphatic carbocycles. The molecule has 1 saturated heterocycles. The lowest BCUT2D eigenvalue weighted by Gasteiger charge is -2.31. The van der Waals surface area contributed by atoms with Crippen molar-refractivity contribution in [2.24, 2.45) is 0 Å². The van der Waals surface area contributed by atoms with Crippen LogP contribution in [0.1, 0.15) is 37.4 Å². The molecular formula is C16H20N4O2S2. The molecule has 0 spiro atoms. The Hall–Kier alpha value is -1.51. The van der Waals surface area contributed by atoms with E-state index in [1.165, 1.54) is 24.4 Å². The second-order valence-electron chi connectivity index (χ2n) is 6.41. The third kappa shape index (κ3) is 3.45. The summed E-state index contributed by atoms with van der Waals surface area (Å²) in [6.07, 6.45) is 3.98. The predicted octanol–water partition coefficient (Wildman–Crippen LogP) is 2.36. The van der Waals surface area contributed by atoms with Gasteiger partial charge in [-0.3, -0.25) is 0 Å². The van der Waals surface area contributed by atoms with Crippen LogP contribution in [0.25, 0.3) is 0 Å². The standard InChI is InChI=1S/C16H20N4O2S2/c21-24(22,14-4-2-1-3-5-14)19-13-8-10-20(11-9-13)16-17-15(18-23-16)12-6-7-12/h1-5,12-13,19H,6-11H2. The number of aromatic nitrogens is 2. The molecule has 0 atom stereocenters. The summed E-state index contributed by atoms with van der Waals surface area (Å²) in [5.41, 5.74) is 0. The Balaban J connectivity index is 1.35. The van der Waals surface area contributed by atoms with Crippen molar-refractivity contribution in [3.05, 3.63) is 36.2 Å². The SMILES string of the molecule is O=S(=O)(NC1CCN(c2nc(C3CC3)ns2)CC1)c1ccccc1. The van der Waals surface area contributed by atoms with Gasteiger partial charge in [-0.15, -0.1) is 0 Å². The molecule has 2 heterocycles. The number of sulfonamides is 1. The van der Waals surface area contributed by atoms with Gasteiger partial charge < -0.3 is 4.90 Å². The largest absolute Gasteiger partial charge is 0.347 e. The summed E-state index contributed by atoms with van der Waals surface area (Å²) in [5, 5.41) is 0.973. The molecule has 1 aliphatic heterocycles. The van der Waals surface area contributed by atoms with Crippen molar-refractivity contribution in [3.8, 4) is 0 Å². The molecule has 0 bridgehead atoms. The zero-order chi connectivity index (χ0) is 16.6. The van der Waals surface area contributed by atoms with Crippen molar-refractivity contribution >= 4 is 26.7 Å². The van der Waals surface area contributed by atoms with E-state index in [2.05, 4.69) is 19.0 Å². The average Bonchev–Trinajstić information content (AvgIpc) is 3.33. The highest BCUT2D eigenvalue weighted by Gasteiger charge is 2.30. The predicted molar refractivity (Wildman–Crippen MR) is 93.9 cm³/mol. The van der Waals surface area contributed by atoms with Gasteiger partial charge in [0.1, 0.15) is 5.82 Å². The first-order chi connectivity index (χ1) is 11.6. The van der Waals surface area contributed by atoms with Crippen LogP contribution in [0.3, 0.4) is 0 Å². The van der Waals surface area contributed by atoms with Crippen molar-refractivity contribution in [2.45, 2.75) is 42.5 Å². The van der Waals surface area contributed by atoms with Crippen LogP contribution in [-0.4, -0.2) is 36.9 Å². The van der Waals surface area contributed by atoms with E-state index in [4.69, 9.17) is 0 Å². The van der Waals surface area contributed by atoms with Gasteiger partial charge in [0.25, 0.3) is 0 Å². The number of nitrogens with one attached hydrogen (secondary N) is 1. The Labute approximate surface area is 146 Å². The molecular weight excluding hydrogens is 344 g/mol. The van der Waals surface area contributed by atoms with Gasteiger partial charge in [0, 0.05) is 36.6 Å². The molecule has 1 aromatic heterocycles. The van der Waals surface area contributed by atoms with Gasteiger partial charge in [-0.25, -0.2) is 18.1 Å². The van der Waals surface area contributed by atoms with E-state index in [0.29, 0.717) is 10.8 Å². The summed E-state index contributed by atoms with van der Waals surface area (Å²) >= 11 is 1.46. The molecule has 1 N–H and O–H groups in total. The van der Waals surface area contributed by atoms with Gasteiger partial charge in [-0.1, -0.05) is 18.2 Å². The fraction of sp³-hybridized carbons (Fsp3) is 0.500. The topological polar surface area (TPSA) is 75.2 Å². The third-order valence-corrected chi connectivity index (χ3v) is 6.84. The highest BCUT2D eigenvalue weighted by molar-refractivity contribution is 7.89. The summed E-state index contributed by atoms with van der Waals surface area (Å²) in [7, 11) is -3.43. The van der Waals surface area contributed by atoms with E-state index in [0.717, 1.165) is 36.9 Å². The molecule has 128 valence electrons. The number of benzene rings is 1. The van der Waals surface area contributed by atoms with E-state index >= 15 is 0 Å². The van der Waals surface area contributed by atoms with E-state index in [-0.39, 0.29) is 6.04 Å². The maximum atomic E-state index is 12.4. The van der Waals surface area contributed by atoms with Gasteiger partial charge in [0.15, 0.2) is 0 Å². The Morgan fingerprint density at radius 1 is 1.08 bits per heavy atom. The van der Waals surface area contributed by atoms with Crippen molar-refractivity contribution in [2.75, 3.05) is 18.0 Å². The van der Waals surface area contributed by atoms with Crippen molar-refractivity contribution in [1.82, 2.24) is 14.1 Å². The quantitative estimate of drug-likeness (QED) is 0.881. The van der Waals surface area contributed by atoms with Gasteiger partial charge in [-0.05, 0) is 37.8 Å². The highest BCUT2D eigenvalue weighted by Crippen LogP contribution is 2.39. The van der Waals surface area contributed by atoms with E-state index in [1.54, 1.807) is 24.3 Å².